The lowest BCUT2D eigenvalue weighted by atomic mass is 10.0. The van der Waals surface area contributed by atoms with Crippen LogP contribution in [0.5, 0.6) is 17.2 Å². The Morgan fingerprint density at radius 3 is 2.48 bits per heavy atom. The average Bonchev–Trinajstić information content (AvgIpc) is 2.53. The number of aromatic hydroxyl groups is 1. The van der Waals surface area contributed by atoms with Gasteiger partial charge in [0.05, 0.1) is 20.8 Å². The first-order chi connectivity index (χ1) is 10.5. The first-order valence-electron chi connectivity index (χ1n) is 7.54. The van der Waals surface area contributed by atoms with Gasteiger partial charge in [0.15, 0.2) is 17.5 Å². The average molecular weight is 435 g/mol. The second-order valence-electron chi connectivity index (χ2n) is 5.72. The molecule has 0 amide bonds. The third-order valence-electron chi connectivity index (χ3n) is 3.94. The van der Waals surface area contributed by atoms with Gasteiger partial charge >= 0.3 is 0 Å². The number of phenolic OH excluding ortho intramolecular Hbond substituents is 1. The summed E-state index contributed by atoms with van der Waals surface area (Å²) in [7, 11) is 3.01. The van der Waals surface area contributed by atoms with Crippen molar-refractivity contribution in [3.05, 3.63) is 17.7 Å². The second kappa shape index (κ2) is 9.05. The summed E-state index contributed by atoms with van der Waals surface area (Å²) in [5, 5.41) is 9.90. The van der Waals surface area contributed by atoms with Crippen LogP contribution in [-0.2, 0) is 6.54 Å². The van der Waals surface area contributed by atoms with Gasteiger partial charge < -0.3 is 25.2 Å². The van der Waals surface area contributed by atoms with Crippen molar-refractivity contribution in [2.45, 2.75) is 26.3 Å². The van der Waals surface area contributed by atoms with Crippen molar-refractivity contribution in [2.75, 3.05) is 27.3 Å². The minimum absolute atomic E-state index is 0. The van der Waals surface area contributed by atoms with Crippen molar-refractivity contribution >= 4 is 29.9 Å². The molecule has 0 bridgehead atoms. The highest BCUT2D eigenvalue weighted by atomic mass is 127. The number of ether oxygens (including phenoxy) is 2. The molecule has 7 heteroatoms. The zero-order valence-electron chi connectivity index (χ0n) is 13.9. The molecule has 130 valence electrons. The normalized spacial score (nSPS) is 18.3. The summed E-state index contributed by atoms with van der Waals surface area (Å²) in [5.74, 6) is 1.95. The van der Waals surface area contributed by atoms with E-state index in [1.807, 2.05) is 0 Å². The number of aliphatic imine (C=N–C) groups is 1. The number of methoxy groups -OCH3 is 2. The Balaban J connectivity index is 0.00000264. The standard InChI is InChI=1S/C16H25N3O3.HI/c1-11-5-4-6-19(10-11)16(17)18-9-12-7-13(21-2)15(20)14(8-12)22-3;/h7-8,11,20H,4-6,9-10H2,1-3H3,(H2,17,18);1H. The maximum absolute atomic E-state index is 9.90. The summed E-state index contributed by atoms with van der Waals surface area (Å²) >= 11 is 0. The van der Waals surface area contributed by atoms with Crippen molar-refractivity contribution in [3.63, 3.8) is 0 Å². The van der Waals surface area contributed by atoms with Crippen molar-refractivity contribution in [1.29, 1.82) is 0 Å². The van der Waals surface area contributed by atoms with Crippen LogP contribution >= 0.6 is 24.0 Å². The van der Waals surface area contributed by atoms with Gasteiger partial charge in [-0.05, 0) is 36.5 Å². The summed E-state index contributed by atoms with van der Waals surface area (Å²) in [6, 6.07) is 3.49. The van der Waals surface area contributed by atoms with Gasteiger partial charge in [-0.15, -0.1) is 24.0 Å². The number of rotatable bonds is 4. The van der Waals surface area contributed by atoms with E-state index in [0.29, 0.717) is 29.9 Å². The Morgan fingerprint density at radius 2 is 1.96 bits per heavy atom. The number of halogens is 1. The SMILES string of the molecule is COc1cc(CN=C(N)N2CCCC(C)C2)cc(OC)c1O.I. The van der Waals surface area contributed by atoms with E-state index in [1.165, 1.54) is 20.6 Å². The van der Waals surface area contributed by atoms with Crippen LogP contribution in [0.3, 0.4) is 0 Å². The molecule has 1 fully saturated rings. The van der Waals surface area contributed by atoms with Crippen LogP contribution < -0.4 is 15.2 Å². The lowest BCUT2D eigenvalue weighted by Crippen LogP contribution is -2.43. The van der Waals surface area contributed by atoms with E-state index in [9.17, 15) is 5.11 Å². The van der Waals surface area contributed by atoms with Crippen molar-refractivity contribution in [3.8, 4) is 17.2 Å². The summed E-state index contributed by atoms with van der Waals surface area (Å²) in [5.41, 5.74) is 6.97. The summed E-state index contributed by atoms with van der Waals surface area (Å²) in [6.07, 6.45) is 2.40. The minimum Gasteiger partial charge on any atom is -0.502 e. The van der Waals surface area contributed by atoms with E-state index in [-0.39, 0.29) is 29.7 Å². The van der Waals surface area contributed by atoms with Crippen LogP contribution in [0.1, 0.15) is 25.3 Å². The van der Waals surface area contributed by atoms with Crippen LogP contribution in [0.15, 0.2) is 17.1 Å². The maximum atomic E-state index is 9.90. The Kier molecular flexibility index (Phi) is 7.74. The number of nitrogens with two attached hydrogens (primary N) is 1. The predicted octanol–water partition coefficient (Wildman–Crippen LogP) is 2.57. The molecule has 0 radical (unpaired) electrons. The smallest absolute Gasteiger partial charge is 0.200 e. The highest BCUT2D eigenvalue weighted by Gasteiger charge is 2.17. The molecule has 2 rings (SSSR count). The monoisotopic (exact) mass is 435 g/mol. The fourth-order valence-corrected chi connectivity index (χ4v) is 2.71. The van der Waals surface area contributed by atoms with Gasteiger partial charge in [0.25, 0.3) is 0 Å². The second-order valence-corrected chi connectivity index (χ2v) is 5.72. The quantitative estimate of drug-likeness (QED) is 0.432. The molecule has 0 aliphatic carbocycles. The van der Waals surface area contributed by atoms with E-state index in [0.717, 1.165) is 25.1 Å². The maximum Gasteiger partial charge on any atom is 0.200 e. The molecule has 1 aromatic rings. The zero-order valence-corrected chi connectivity index (χ0v) is 16.2. The Bertz CT molecular complexity index is 526. The number of nitrogens with zero attached hydrogens (tertiary/aromatic N) is 2. The first-order valence-corrected chi connectivity index (χ1v) is 7.54. The summed E-state index contributed by atoms with van der Waals surface area (Å²) in [6.45, 7) is 4.57. The van der Waals surface area contributed by atoms with Crippen molar-refractivity contribution in [1.82, 2.24) is 4.90 Å². The summed E-state index contributed by atoms with van der Waals surface area (Å²) in [4.78, 5) is 6.59. The van der Waals surface area contributed by atoms with E-state index in [4.69, 9.17) is 15.2 Å². The molecule has 3 N–H and O–H groups in total. The molecule has 1 aromatic carbocycles. The third kappa shape index (κ3) is 5.05. The van der Waals surface area contributed by atoms with Crippen LogP contribution in [0.4, 0.5) is 0 Å². The fraction of sp³-hybridized carbons (Fsp3) is 0.562. The van der Waals surface area contributed by atoms with Gasteiger partial charge in [-0.1, -0.05) is 6.92 Å². The van der Waals surface area contributed by atoms with Crippen molar-refractivity contribution in [2.24, 2.45) is 16.6 Å². The lowest BCUT2D eigenvalue weighted by Gasteiger charge is -2.31. The molecule has 0 saturated carbocycles. The van der Waals surface area contributed by atoms with Crippen LogP contribution in [0.2, 0.25) is 0 Å². The van der Waals surface area contributed by atoms with E-state index in [2.05, 4.69) is 16.8 Å². The molecule has 6 nitrogen and oxygen atoms in total. The van der Waals surface area contributed by atoms with Gasteiger partial charge in [-0.25, -0.2) is 4.99 Å². The number of piperidine rings is 1. The van der Waals surface area contributed by atoms with Crippen molar-refractivity contribution < 1.29 is 14.6 Å². The van der Waals surface area contributed by atoms with Gasteiger partial charge in [-0.3, -0.25) is 0 Å². The molecule has 1 atom stereocenters. The number of phenols is 1. The lowest BCUT2D eigenvalue weighted by molar-refractivity contribution is 0.270. The minimum atomic E-state index is -0.00411. The number of guanidine groups is 1. The largest absolute Gasteiger partial charge is 0.502 e. The zero-order chi connectivity index (χ0) is 16.1. The van der Waals surface area contributed by atoms with Gasteiger partial charge in [0.2, 0.25) is 5.75 Å². The molecule has 1 saturated heterocycles. The molecule has 1 unspecified atom stereocenters. The van der Waals surface area contributed by atoms with Crippen LogP contribution in [0, 0.1) is 5.92 Å². The highest BCUT2D eigenvalue weighted by molar-refractivity contribution is 14.0. The molecule has 0 aromatic heterocycles. The molecule has 1 aliphatic heterocycles. The molecule has 1 heterocycles. The Morgan fingerprint density at radius 1 is 1.35 bits per heavy atom. The fourth-order valence-electron chi connectivity index (χ4n) is 2.71. The number of hydrogen-bond acceptors (Lipinski definition) is 4. The Labute approximate surface area is 154 Å². The van der Waals surface area contributed by atoms with Gasteiger partial charge in [-0.2, -0.15) is 0 Å². The molecule has 0 spiro atoms. The molecular weight excluding hydrogens is 409 g/mol. The number of benzene rings is 1. The third-order valence-corrected chi connectivity index (χ3v) is 3.94. The summed E-state index contributed by atoms with van der Waals surface area (Å²) < 4.78 is 10.3. The molecule has 23 heavy (non-hydrogen) atoms. The van der Waals surface area contributed by atoms with Gasteiger partial charge in [0.1, 0.15) is 0 Å². The van der Waals surface area contributed by atoms with Crippen LogP contribution in [0.25, 0.3) is 0 Å². The number of likely N-dealkylation sites (tertiary alicyclic amines) is 1. The predicted molar refractivity (Wildman–Crippen MR) is 102 cm³/mol. The highest BCUT2D eigenvalue weighted by Crippen LogP contribution is 2.37. The van der Waals surface area contributed by atoms with Gasteiger partial charge in [0, 0.05) is 13.1 Å². The van der Waals surface area contributed by atoms with Crippen LogP contribution in [-0.4, -0.2) is 43.3 Å². The topological polar surface area (TPSA) is 80.3 Å². The van der Waals surface area contributed by atoms with E-state index in [1.54, 1.807) is 12.1 Å². The first kappa shape index (κ1) is 19.7. The molecular formula is C16H26IN3O3. The number of hydrogen-bond donors (Lipinski definition) is 2. The molecule has 1 aliphatic rings. The van der Waals surface area contributed by atoms with E-state index >= 15 is 0 Å². The van der Waals surface area contributed by atoms with E-state index < -0.39 is 0 Å². The Hall–Kier alpha value is -1.38.